The molecule has 0 spiro atoms. The number of benzene rings is 1. The van der Waals surface area contributed by atoms with Crippen molar-refractivity contribution in [2.45, 2.75) is 32.2 Å². The van der Waals surface area contributed by atoms with Gasteiger partial charge >= 0.3 is 5.97 Å². The van der Waals surface area contributed by atoms with Crippen LogP contribution in [0.15, 0.2) is 24.3 Å². The molecule has 2 rings (SSSR count). The highest BCUT2D eigenvalue weighted by atomic mass is 16.5. The summed E-state index contributed by atoms with van der Waals surface area (Å²) in [6.45, 7) is 2.08. The van der Waals surface area contributed by atoms with Crippen molar-refractivity contribution < 1.29 is 9.53 Å². The fraction of sp³-hybridized carbons (Fsp3) is 0.400. The summed E-state index contributed by atoms with van der Waals surface area (Å²) >= 11 is 0. The minimum absolute atomic E-state index is 0.176. The summed E-state index contributed by atoms with van der Waals surface area (Å²) in [7, 11) is 1.38. The number of hydrogen-bond donors (Lipinski definition) is 2. The van der Waals surface area contributed by atoms with Gasteiger partial charge in [0.2, 0.25) is 5.95 Å². The third-order valence-corrected chi connectivity index (χ3v) is 3.26. The number of aromatic nitrogens is 2. The van der Waals surface area contributed by atoms with Crippen LogP contribution in [0.2, 0.25) is 0 Å². The number of esters is 1. The van der Waals surface area contributed by atoms with Gasteiger partial charge in [-0.25, -0.2) is 9.78 Å². The summed E-state index contributed by atoms with van der Waals surface area (Å²) in [5.74, 6) is 0.435. The molecule has 0 aliphatic heterocycles. The number of anilines is 2. The second-order valence-electron chi connectivity index (χ2n) is 4.81. The molecule has 112 valence electrons. The molecule has 0 radical (unpaired) electrons. The van der Waals surface area contributed by atoms with Crippen LogP contribution in [0.1, 0.15) is 26.2 Å². The van der Waals surface area contributed by atoms with Gasteiger partial charge in [0.05, 0.1) is 12.6 Å². The van der Waals surface area contributed by atoms with Crippen LogP contribution in [0.3, 0.4) is 0 Å². The van der Waals surface area contributed by atoms with Crippen LogP contribution in [0.4, 0.5) is 11.8 Å². The van der Waals surface area contributed by atoms with Crippen molar-refractivity contribution in [2.24, 2.45) is 0 Å². The minimum atomic E-state index is -0.437. The number of para-hydroxylation sites is 1. The average molecular weight is 288 g/mol. The first-order chi connectivity index (χ1) is 10.2. The second-order valence-corrected chi connectivity index (χ2v) is 4.81. The predicted molar refractivity (Wildman–Crippen MR) is 82.9 cm³/mol. The molecule has 0 aliphatic rings. The lowest BCUT2D eigenvalue weighted by Gasteiger charge is -2.18. The number of ether oxygens (including phenoxy) is 1. The number of nitrogens with two attached hydrogens (primary N) is 1. The summed E-state index contributed by atoms with van der Waals surface area (Å²) in [5, 5.41) is 3.97. The molecule has 1 heterocycles. The first-order valence-corrected chi connectivity index (χ1v) is 7.02. The van der Waals surface area contributed by atoms with E-state index in [0.29, 0.717) is 12.2 Å². The standard InChI is InChI=1S/C15H20N4O2/c1-3-4-8-12(14(20)21-2)17-13-10-7-5-6-9-11(10)18-15(16)19-13/h5-7,9,12H,3-4,8H2,1-2H3,(H3,16,17,18,19). The van der Waals surface area contributed by atoms with E-state index in [2.05, 4.69) is 22.2 Å². The molecule has 0 amide bonds. The van der Waals surface area contributed by atoms with Crippen LogP contribution in [-0.4, -0.2) is 29.1 Å². The van der Waals surface area contributed by atoms with Crippen LogP contribution in [0.5, 0.6) is 0 Å². The van der Waals surface area contributed by atoms with E-state index in [0.717, 1.165) is 23.7 Å². The van der Waals surface area contributed by atoms with Gasteiger partial charge in [-0.2, -0.15) is 4.98 Å². The normalized spacial score (nSPS) is 12.1. The topological polar surface area (TPSA) is 90.1 Å². The Morgan fingerprint density at radius 3 is 2.86 bits per heavy atom. The fourth-order valence-electron chi connectivity index (χ4n) is 2.17. The van der Waals surface area contributed by atoms with Gasteiger partial charge in [0, 0.05) is 5.39 Å². The lowest BCUT2D eigenvalue weighted by atomic mass is 10.1. The van der Waals surface area contributed by atoms with Gasteiger partial charge in [0.25, 0.3) is 0 Å². The maximum atomic E-state index is 11.9. The van der Waals surface area contributed by atoms with Crippen LogP contribution in [0.25, 0.3) is 10.9 Å². The van der Waals surface area contributed by atoms with E-state index in [1.54, 1.807) is 0 Å². The van der Waals surface area contributed by atoms with Gasteiger partial charge in [0.1, 0.15) is 11.9 Å². The van der Waals surface area contributed by atoms with Crippen molar-refractivity contribution in [3.8, 4) is 0 Å². The van der Waals surface area contributed by atoms with Gasteiger partial charge in [-0.15, -0.1) is 0 Å². The zero-order valence-corrected chi connectivity index (χ0v) is 12.3. The monoisotopic (exact) mass is 288 g/mol. The number of methoxy groups -OCH3 is 1. The Kier molecular flexibility index (Phi) is 4.92. The summed E-state index contributed by atoms with van der Waals surface area (Å²) < 4.78 is 4.85. The molecule has 3 N–H and O–H groups in total. The molecule has 6 heteroatoms. The zero-order chi connectivity index (χ0) is 15.2. The third-order valence-electron chi connectivity index (χ3n) is 3.26. The zero-order valence-electron chi connectivity index (χ0n) is 12.3. The Morgan fingerprint density at radius 1 is 1.38 bits per heavy atom. The van der Waals surface area contributed by atoms with Crippen molar-refractivity contribution in [2.75, 3.05) is 18.2 Å². The first-order valence-electron chi connectivity index (χ1n) is 7.02. The fourth-order valence-corrected chi connectivity index (χ4v) is 2.17. The lowest BCUT2D eigenvalue weighted by Crippen LogP contribution is -2.31. The third kappa shape index (κ3) is 3.59. The molecule has 1 atom stereocenters. The molecule has 2 aromatic rings. The number of hydrogen-bond acceptors (Lipinski definition) is 6. The van der Waals surface area contributed by atoms with Gasteiger partial charge in [-0.1, -0.05) is 31.9 Å². The smallest absolute Gasteiger partial charge is 0.328 e. The molecular formula is C15H20N4O2. The van der Waals surface area contributed by atoms with Crippen molar-refractivity contribution >= 4 is 28.6 Å². The number of nitrogens with one attached hydrogen (secondary N) is 1. The number of nitrogens with zero attached hydrogens (tertiary/aromatic N) is 2. The first kappa shape index (κ1) is 15.0. The highest BCUT2D eigenvalue weighted by Crippen LogP contribution is 2.22. The number of carbonyl (C=O) groups excluding carboxylic acids is 1. The maximum Gasteiger partial charge on any atom is 0.328 e. The summed E-state index contributed by atoms with van der Waals surface area (Å²) in [6, 6.07) is 7.09. The molecule has 6 nitrogen and oxygen atoms in total. The molecule has 1 aromatic carbocycles. The van der Waals surface area contributed by atoms with E-state index in [4.69, 9.17) is 10.5 Å². The highest BCUT2D eigenvalue weighted by molar-refractivity contribution is 5.91. The van der Waals surface area contributed by atoms with E-state index in [1.165, 1.54) is 7.11 Å². The van der Waals surface area contributed by atoms with Crippen LogP contribution < -0.4 is 11.1 Å². The minimum Gasteiger partial charge on any atom is -0.467 e. The second kappa shape index (κ2) is 6.88. The molecular weight excluding hydrogens is 268 g/mol. The number of rotatable bonds is 6. The van der Waals surface area contributed by atoms with Gasteiger partial charge < -0.3 is 15.8 Å². The Bertz CT molecular complexity index is 630. The molecule has 0 saturated carbocycles. The summed E-state index contributed by atoms with van der Waals surface area (Å²) in [6.07, 6.45) is 2.61. The van der Waals surface area contributed by atoms with Crippen LogP contribution in [-0.2, 0) is 9.53 Å². The summed E-state index contributed by atoms with van der Waals surface area (Å²) in [4.78, 5) is 20.3. The van der Waals surface area contributed by atoms with E-state index in [9.17, 15) is 4.79 Å². The molecule has 1 aromatic heterocycles. The Morgan fingerprint density at radius 2 is 2.14 bits per heavy atom. The molecule has 1 unspecified atom stereocenters. The average Bonchev–Trinajstić information content (AvgIpc) is 2.50. The number of fused-ring (bicyclic) bond motifs is 1. The van der Waals surface area contributed by atoms with E-state index in [1.807, 2.05) is 24.3 Å². The molecule has 0 bridgehead atoms. The Balaban J connectivity index is 2.33. The van der Waals surface area contributed by atoms with E-state index in [-0.39, 0.29) is 11.9 Å². The maximum absolute atomic E-state index is 11.9. The number of nitrogen functional groups attached to an aromatic ring is 1. The van der Waals surface area contributed by atoms with Gasteiger partial charge in [-0.05, 0) is 18.6 Å². The van der Waals surface area contributed by atoms with Crippen molar-refractivity contribution in [3.63, 3.8) is 0 Å². The number of carbonyl (C=O) groups is 1. The SMILES string of the molecule is CCCCC(Nc1nc(N)nc2ccccc12)C(=O)OC. The largest absolute Gasteiger partial charge is 0.467 e. The summed E-state index contributed by atoms with van der Waals surface area (Å²) in [5.41, 5.74) is 6.47. The van der Waals surface area contributed by atoms with Crippen LogP contribution >= 0.6 is 0 Å². The Hall–Kier alpha value is -2.37. The van der Waals surface area contributed by atoms with Crippen molar-refractivity contribution in [3.05, 3.63) is 24.3 Å². The van der Waals surface area contributed by atoms with Gasteiger partial charge in [0.15, 0.2) is 0 Å². The van der Waals surface area contributed by atoms with Crippen LogP contribution in [0, 0.1) is 0 Å². The Labute approximate surface area is 123 Å². The molecule has 0 fully saturated rings. The lowest BCUT2D eigenvalue weighted by molar-refractivity contribution is -0.141. The van der Waals surface area contributed by atoms with Crippen molar-refractivity contribution in [1.82, 2.24) is 9.97 Å². The number of unbranched alkanes of at least 4 members (excludes halogenated alkanes) is 1. The molecule has 0 aliphatic carbocycles. The van der Waals surface area contributed by atoms with Gasteiger partial charge in [-0.3, -0.25) is 0 Å². The van der Waals surface area contributed by atoms with E-state index < -0.39 is 6.04 Å². The van der Waals surface area contributed by atoms with E-state index >= 15 is 0 Å². The molecule has 0 saturated heterocycles. The van der Waals surface area contributed by atoms with Crippen molar-refractivity contribution in [1.29, 1.82) is 0 Å². The quantitative estimate of drug-likeness (QED) is 0.793. The highest BCUT2D eigenvalue weighted by Gasteiger charge is 2.20. The predicted octanol–water partition coefficient (Wildman–Crippen LogP) is 2.36. The molecule has 21 heavy (non-hydrogen) atoms.